The molecular weight excluding hydrogens is 687 g/mol. The summed E-state index contributed by atoms with van der Waals surface area (Å²) in [5.41, 5.74) is 13.4. The first kappa shape index (κ1) is 32.9. The molecule has 1 nitrogen and oxygen atoms in total. The second kappa shape index (κ2) is 13.7. The van der Waals surface area contributed by atoms with Gasteiger partial charge in [-0.15, -0.1) is 0 Å². The van der Waals surface area contributed by atoms with E-state index in [1.165, 1.54) is 104 Å². The molecular formula is C56H37N. The zero-order valence-electron chi connectivity index (χ0n) is 31.3. The van der Waals surface area contributed by atoms with Crippen LogP contribution in [0.4, 0.5) is 0 Å². The van der Waals surface area contributed by atoms with Gasteiger partial charge in [0.05, 0.1) is 11.0 Å². The second-order valence-electron chi connectivity index (χ2n) is 14.9. The van der Waals surface area contributed by atoms with Gasteiger partial charge in [-0.3, -0.25) is 0 Å². The number of aromatic nitrogens is 1. The summed E-state index contributed by atoms with van der Waals surface area (Å²) < 4.78 is 2.36. The van der Waals surface area contributed by atoms with Crippen molar-refractivity contribution >= 4 is 66.3 Å². The van der Waals surface area contributed by atoms with Crippen LogP contribution in [0.25, 0.3) is 105 Å². The fourth-order valence-corrected chi connectivity index (χ4v) is 8.92. The Labute approximate surface area is 332 Å². The van der Waals surface area contributed by atoms with Gasteiger partial charge in [0.2, 0.25) is 0 Å². The van der Waals surface area contributed by atoms with Crippen LogP contribution < -0.4 is 0 Å². The minimum absolute atomic E-state index is 1.17. The maximum Gasteiger partial charge on any atom is 0.0541 e. The molecule has 0 aliphatic rings. The van der Waals surface area contributed by atoms with Gasteiger partial charge in [0.15, 0.2) is 0 Å². The predicted molar refractivity (Wildman–Crippen MR) is 245 cm³/mol. The highest BCUT2D eigenvalue weighted by Gasteiger charge is 2.18. The Morgan fingerprint density at radius 2 is 0.684 bits per heavy atom. The lowest BCUT2D eigenvalue weighted by Crippen LogP contribution is -1.93. The first-order chi connectivity index (χ1) is 28.3. The van der Waals surface area contributed by atoms with Crippen LogP contribution in [0, 0.1) is 0 Å². The summed E-state index contributed by atoms with van der Waals surface area (Å²) in [7, 11) is 0. The van der Waals surface area contributed by atoms with E-state index in [0.29, 0.717) is 0 Å². The smallest absolute Gasteiger partial charge is 0.0541 e. The van der Waals surface area contributed by atoms with Crippen molar-refractivity contribution < 1.29 is 0 Å². The molecule has 10 aromatic carbocycles. The van der Waals surface area contributed by atoms with Crippen molar-refractivity contribution in [3.8, 4) is 39.1 Å². The largest absolute Gasteiger partial charge is 0.309 e. The molecule has 0 fully saturated rings. The van der Waals surface area contributed by atoms with Crippen molar-refractivity contribution in [3.05, 3.63) is 223 Å². The van der Waals surface area contributed by atoms with Gasteiger partial charge in [-0.2, -0.15) is 0 Å². The van der Waals surface area contributed by atoms with Crippen molar-refractivity contribution in [1.82, 2.24) is 4.57 Å². The molecule has 0 aliphatic heterocycles. The number of fused-ring (bicyclic) bond motifs is 6. The van der Waals surface area contributed by atoms with Crippen LogP contribution in [0.1, 0.15) is 11.1 Å². The lowest BCUT2D eigenvalue weighted by atomic mass is 9.84. The monoisotopic (exact) mass is 723 g/mol. The Morgan fingerprint density at radius 3 is 1.25 bits per heavy atom. The van der Waals surface area contributed by atoms with Gasteiger partial charge in [0.25, 0.3) is 0 Å². The lowest BCUT2D eigenvalue weighted by Gasteiger charge is -2.19. The van der Waals surface area contributed by atoms with Crippen molar-refractivity contribution in [2.24, 2.45) is 0 Å². The number of nitrogens with zero attached hydrogens (tertiary/aromatic N) is 1. The van der Waals surface area contributed by atoms with E-state index in [9.17, 15) is 0 Å². The molecule has 1 heteroatoms. The maximum atomic E-state index is 2.36. The molecule has 0 unspecified atom stereocenters. The van der Waals surface area contributed by atoms with Crippen molar-refractivity contribution in [3.63, 3.8) is 0 Å². The van der Waals surface area contributed by atoms with E-state index in [2.05, 4.69) is 229 Å². The van der Waals surface area contributed by atoms with E-state index in [4.69, 9.17) is 0 Å². The number of hydrogen-bond donors (Lipinski definition) is 0. The Hall–Kier alpha value is -7.48. The minimum atomic E-state index is 1.17. The van der Waals surface area contributed by atoms with Gasteiger partial charge in [0.1, 0.15) is 0 Å². The molecule has 0 spiro atoms. The van der Waals surface area contributed by atoms with Gasteiger partial charge in [0, 0.05) is 16.5 Å². The molecule has 266 valence electrons. The summed E-state index contributed by atoms with van der Waals surface area (Å²) in [6.45, 7) is 0. The maximum absolute atomic E-state index is 2.36. The van der Waals surface area contributed by atoms with E-state index in [1.54, 1.807) is 0 Å². The SMILES string of the molecule is C(=Cc1ccc(-n2c3ccccc3c3ccccc32)cc1)c1ccc(-c2ccc(-c3c4ccccc4c(-c4cccc5ccccc45)c4ccccc34)cc2)cc1. The molecule has 11 aromatic rings. The number of rotatable bonds is 6. The van der Waals surface area contributed by atoms with E-state index in [1.807, 2.05) is 0 Å². The molecule has 11 rings (SSSR count). The molecule has 0 aliphatic carbocycles. The van der Waals surface area contributed by atoms with E-state index in [-0.39, 0.29) is 0 Å². The van der Waals surface area contributed by atoms with E-state index >= 15 is 0 Å². The fourth-order valence-electron chi connectivity index (χ4n) is 8.92. The number of para-hydroxylation sites is 2. The molecule has 0 atom stereocenters. The van der Waals surface area contributed by atoms with Crippen molar-refractivity contribution in [2.75, 3.05) is 0 Å². The minimum Gasteiger partial charge on any atom is -0.309 e. The van der Waals surface area contributed by atoms with Crippen molar-refractivity contribution in [2.45, 2.75) is 0 Å². The molecule has 1 aromatic heterocycles. The molecule has 0 bridgehead atoms. The Balaban J connectivity index is 0.883. The molecule has 1 heterocycles. The van der Waals surface area contributed by atoms with Crippen molar-refractivity contribution in [1.29, 1.82) is 0 Å². The van der Waals surface area contributed by atoms with Gasteiger partial charge in [-0.25, -0.2) is 0 Å². The summed E-state index contributed by atoms with van der Waals surface area (Å²) in [4.78, 5) is 0. The van der Waals surface area contributed by atoms with Gasteiger partial charge >= 0.3 is 0 Å². The van der Waals surface area contributed by atoms with Gasteiger partial charge < -0.3 is 4.57 Å². The average molecular weight is 724 g/mol. The van der Waals surface area contributed by atoms with Crippen LogP contribution in [0.2, 0.25) is 0 Å². The molecule has 0 radical (unpaired) electrons. The third-order valence-corrected chi connectivity index (χ3v) is 11.6. The van der Waals surface area contributed by atoms with Crippen LogP contribution in [0.5, 0.6) is 0 Å². The Kier molecular flexibility index (Phi) is 7.89. The third kappa shape index (κ3) is 5.63. The van der Waals surface area contributed by atoms with Crippen LogP contribution in [-0.4, -0.2) is 4.57 Å². The summed E-state index contributed by atoms with van der Waals surface area (Å²) in [5, 5.41) is 10.2. The molecule has 0 saturated heterocycles. The first-order valence-electron chi connectivity index (χ1n) is 19.7. The van der Waals surface area contributed by atoms with Crippen LogP contribution >= 0.6 is 0 Å². The van der Waals surface area contributed by atoms with Crippen LogP contribution in [0.15, 0.2) is 212 Å². The predicted octanol–water partition coefficient (Wildman–Crippen LogP) is 15.4. The normalized spacial score (nSPS) is 11.8. The van der Waals surface area contributed by atoms with Crippen LogP contribution in [-0.2, 0) is 0 Å². The molecule has 0 saturated carbocycles. The summed E-state index contributed by atoms with van der Waals surface area (Å²) in [6.07, 6.45) is 4.39. The Morgan fingerprint density at radius 1 is 0.281 bits per heavy atom. The van der Waals surface area contributed by atoms with E-state index < -0.39 is 0 Å². The van der Waals surface area contributed by atoms with Gasteiger partial charge in [-0.05, 0) is 101 Å². The van der Waals surface area contributed by atoms with Gasteiger partial charge in [-0.1, -0.05) is 200 Å². The lowest BCUT2D eigenvalue weighted by molar-refractivity contribution is 1.18. The highest BCUT2D eigenvalue weighted by Crippen LogP contribution is 2.45. The van der Waals surface area contributed by atoms with E-state index in [0.717, 1.165) is 0 Å². The highest BCUT2D eigenvalue weighted by molar-refractivity contribution is 6.23. The fraction of sp³-hybridized carbons (Fsp3) is 0. The summed E-state index contributed by atoms with van der Waals surface area (Å²) in [6, 6.07) is 77.3. The Bertz CT molecular complexity index is 3190. The quantitative estimate of drug-likeness (QED) is 0.119. The average Bonchev–Trinajstić information content (AvgIpc) is 3.62. The molecule has 57 heavy (non-hydrogen) atoms. The summed E-state index contributed by atoms with van der Waals surface area (Å²) >= 11 is 0. The molecule has 0 amide bonds. The third-order valence-electron chi connectivity index (χ3n) is 11.6. The first-order valence-corrected chi connectivity index (χ1v) is 19.7. The highest BCUT2D eigenvalue weighted by atomic mass is 15.0. The number of benzene rings is 10. The zero-order chi connectivity index (χ0) is 37.7. The number of hydrogen-bond acceptors (Lipinski definition) is 0. The zero-order valence-corrected chi connectivity index (χ0v) is 31.3. The standard InChI is InChI=1S/C56H37N/c1-2-14-45-42(12-1)13-11-21-48(45)56-51-19-5-3-17-49(51)55(50-18-4-6-20-52(50)56)43-34-32-41(33-35-43)40-30-26-38(27-31-40)24-25-39-28-36-44(37-29-39)57-53-22-9-7-15-46(53)47-16-8-10-23-54(47)57/h1-37H. The summed E-state index contributed by atoms with van der Waals surface area (Å²) in [5.74, 6) is 0. The topological polar surface area (TPSA) is 4.93 Å². The second-order valence-corrected chi connectivity index (χ2v) is 14.9. The molecule has 0 N–H and O–H groups in total. The van der Waals surface area contributed by atoms with Crippen LogP contribution in [0.3, 0.4) is 0 Å².